The fraction of sp³-hybridized carbons (Fsp3) is 0.588. The molecule has 0 saturated heterocycles. The highest BCUT2D eigenvalue weighted by atomic mass is 79.9. The quantitative estimate of drug-likeness (QED) is 0.623. The lowest BCUT2D eigenvalue weighted by Gasteiger charge is -2.35. The maximum Gasteiger partial charge on any atom is 0.170 e. The molecule has 5 nitrogen and oxygen atoms in total. The number of rotatable bonds is 6. The van der Waals surface area contributed by atoms with Crippen LogP contribution in [0.3, 0.4) is 0 Å². The highest BCUT2D eigenvalue weighted by molar-refractivity contribution is 9.10. The van der Waals surface area contributed by atoms with Crippen molar-refractivity contribution in [2.45, 2.75) is 56.6 Å². The second kappa shape index (κ2) is 7.85. The Balaban J connectivity index is 3.69. The Morgan fingerprint density at radius 2 is 1.70 bits per heavy atom. The van der Waals surface area contributed by atoms with Gasteiger partial charge in [0.1, 0.15) is 11.6 Å². The van der Waals surface area contributed by atoms with E-state index in [1.54, 1.807) is 26.8 Å². The van der Waals surface area contributed by atoms with Crippen molar-refractivity contribution in [3.63, 3.8) is 0 Å². The molecule has 0 aliphatic carbocycles. The van der Waals surface area contributed by atoms with Crippen LogP contribution in [0.25, 0.3) is 0 Å². The number of nitriles is 1. The van der Waals surface area contributed by atoms with Crippen LogP contribution in [0.4, 0.5) is 8.78 Å². The van der Waals surface area contributed by atoms with Crippen molar-refractivity contribution in [2.75, 3.05) is 5.75 Å². The summed E-state index contributed by atoms with van der Waals surface area (Å²) in [7, 11) is -6.00. The summed E-state index contributed by atoms with van der Waals surface area (Å²) < 4.78 is 67.5. The Kier molecular flexibility index (Phi) is 7.02. The molecule has 1 N–H and O–H groups in total. The molecule has 0 fully saturated rings. The predicted molar refractivity (Wildman–Crippen MR) is 106 cm³/mol. The molecule has 0 amide bonds. The van der Waals surface area contributed by atoms with E-state index in [-0.39, 0.29) is 4.47 Å². The smallest absolute Gasteiger partial charge is 0.170 e. The molecular weight excluding hydrogens is 462 g/mol. The van der Waals surface area contributed by atoms with E-state index in [1.165, 1.54) is 20.8 Å². The highest BCUT2D eigenvalue weighted by Gasteiger charge is 2.45. The Morgan fingerprint density at radius 3 is 2.15 bits per heavy atom. The number of nitrogens with zero attached hydrogens (tertiary/aromatic N) is 1. The fourth-order valence-corrected chi connectivity index (χ4v) is 4.96. The standard InChI is InChI=1S/C17H23BrF2N2O3S2/c1-15(2,3)26(23)22-17(6,10-27(24,25)16(4,5)9-21)13-12(19)8-7-11(18)14(13)20/h7-8,22H,10H2,1-6H3/t17-,26+/m1/s1. The van der Waals surface area contributed by atoms with Crippen LogP contribution in [0, 0.1) is 23.0 Å². The molecule has 2 atom stereocenters. The summed E-state index contributed by atoms with van der Waals surface area (Å²) >= 11 is 2.96. The number of hydrogen-bond donors (Lipinski definition) is 1. The van der Waals surface area contributed by atoms with Gasteiger partial charge in [-0.25, -0.2) is 26.1 Å². The van der Waals surface area contributed by atoms with E-state index in [9.17, 15) is 26.7 Å². The van der Waals surface area contributed by atoms with Crippen molar-refractivity contribution in [1.82, 2.24) is 4.72 Å². The first-order chi connectivity index (χ1) is 12.0. The van der Waals surface area contributed by atoms with Crippen molar-refractivity contribution in [1.29, 1.82) is 5.26 Å². The van der Waals surface area contributed by atoms with Gasteiger partial charge in [-0.15, -0.1) is 0 Å². The Morgan fingerprint density at radius 1 is 1.19 bits per heavy atom. The van der Waals surface area contributed by atoms with Gasteiger partial charge in [0, 0.05) is 5.56 Å². The largest absolute Gasteiger partial charge is 0.242 e. The van der Waals surface area contributed by atoms with Gasteiger partial charge in [-0.3, -0.25) is 0 Å². The molecule has 152 valence electrons. The number of benzene rings is 1. The van der Waals surface area contributed by atoms with Gasteiger partial charge in [-0.1, -0.05) is 0 Å². The summed E-state index contributed by atoms with van der Waals surface area (Å²) in [6.07, 6.45) is 0. The Labute approximate surface area is 170 Å². The summed E-state index contributed by atoms with van der Waals surface area (Å²) in [5.41, 5.74) is -2.45. The molecule has 0 unspecified atom stereocenters. The lowest BCUT2D eigenvalue weighted by atomic mass is 9.94. The Bertz CT molecular complexity index is 906. The first kappa shape index (κ1) is 24.1. The van der Waals surface area contributed by atoms with Crippen LogP contribution in [0.15, 0.2) is 16.6 Å². The van der Waals surface area contributed by atoms with Gasteiger partial charge in [0.15, 0.2) is 14.6 Å². The molecule has 10 heteroatoms. The van der Waals surface area contributed by atoms with E-state index >= 15 is 0 Å². The van der Waals surface area contributed by atoms with Gasteiger partial charge in [0.2, 0.25) is 0 Å². The zero-order chi connectivity index (χ0) is 21.4. The molecule has 1 rings (SSSR count). The van der Waals surface area contributed by atoms with Crippen LogP contribution in [-0.4, -0.2) is 27.9 Å². The maximum atomic E-state index is 14.8. The molecule has 0 aliphatic heterocycles. The van der Waals surface area contributed by atoms with Crippen LogP contribution < -0.4 is 4.72 Å². The van der Waals surface area contributed by atoms with Crippen molar-refractivity contribution < 1.29 is 21.4 Å². The topological polar surface area (TPSA) is 87.0 Å². The second-order valence-corrected chi connectivity index (χ2v) is 13.3. The first-order valence-corrected chi connectivity index (χ1v) is 11.6. The third-order valence-corrected chi connectivity index (χ3v) is 8.96. The lowest BCUT2D eigenvalue weighted by Crippen LogP contribution is -2.53. The molecule has 0 spiro atoms. The second-order valence-electron chi connectivity index (χ2n) is 7.91. The van der Waals surface area contributed by atoms with Crippen molar-refractivity contribution in [3.8, 4) is 6.07 Å². The summed E-state index contributed by atoms with van der Waals surface area (Å²) in [6, 6.07) is 3.84. The van der Waals surface area contributed by atoms with E-state index < -0.39 is 58.8 Å². The molecule has 1 aromatic carbocycles. The van der Waals surface area contributed by atoms with Gasteiger partial charge in [-0.05, 0) is 69.6 Å². The van der Waals surface area contributed by atoms with E-state index in [4.69, 9.17) is 0 Å². The molecule has 0 heterocycles. The molecule has 0 aliphatic rings. The van der Waals surface area contributed by atoms with E-state index in [0.717, 1.165) is 12.1 Å². The maximum absolute atomic E-state index is 14.8. The Hall–Kier alpha value is -0.890. The number of halogens is 3. The van der Waals surface area contributed by atoms with E-state index in [1.807, 2.05) is 0 Å². The fourth-order valence-electron chi connectivity index (χ4n) is 2.17. The van der Waals surface area contributed by atoms with Gasteiger partial charge in [0.05, 0.1) is 37.6 Å². The third-order valence-electron chi connectivity index (χ3n) is 4.00. The summed E-state index contributed by atoms with van der Waals surface area (Å²) in [5.74, 6) is -2.81. The predicted octanol–water partition coefficient (Wildman–Crippen LogP) is 3.71. The third kappa shape index (κ3) is 5.13. The van der Waals surface area contributed by atoms with Crippen molar-refractivity contribution in [2.24, 2.45) is 0 Å². The summed E-state index contributed by atoms with van der Waals surface area (Å²) in [5, 5.41) is 9.20. The van der Waals surface area contributed by atoms with Crippen LogP contribution in [0.1, 0.15) is 47.1 Å². The zero-order valence-corrected chi connectivity index (χ0v) is 19.2. The normalized spacial score (nSPS) is 16.4. The van der Waals surface area contributed by atoms with Gasteiger partial charge in [0.25, 0.3) is 0 Å². The van der Waals surface area contributed by atoms with E-state index in [2.05, 4.69) is 20.7 Å². The van der Waals surface area contributed by atoms with Crippen molar-refractivity contribution in [3.05, 3.63) is 33.8 Å². The van der Waals surface area contributed by atoms with Crippen LogP contribution in [0.2, 0.25) is 0 Å². The summed E-state index contributed by atoms with van der Waals surface area (Å²) in [6.45, 7) is 8.58. The minimum Gasteiger partial charge on any atom is -0.242 e. The number of nitrogens with one attached hydrogen (secondary N) is 1. The highest BCUT2D eigenvalue weighted by Crippen LogP contribution is 2.35. The van der Waals surface area contributed by atoms with Crippen LogP contribution in [-0.2, 0) is 26.4 Å². The molecule has 0 aromatic heterocycles. The van der Waals surface area contributed by atoms with Gasteiger partial charge in [-0.2, -0.15) is 5.26 Å². The van der Waals surface area contributed by atoms with Crippen LogP contribution >= 0.6 is 15.9 Å². The molecular formula is C17H23BrF2N2O3S2. The summed E-state index contributed by atoms with van der Waals surface area (Å²) in [4.78, 5) is 0. The SMILES string of the molecule is CC(C)(C)[S@](=O)N[C@](C)(CS(=O)(=O)C(C)(C)C#N)c1c(F)ccc(Br)c1F. The van der Waals surface area contributed by atoms with Gasteiger partial charge < -0.3 is 0 Å². The number of hydrogen-bond acceptors (Lipinski definition) is 4. The molecule has 1 aromatic rings. The monoisotopic (exact) mass is 484 g/mol. The van der Waals surface area contributed by atoms with Crippen LogP contribution in [0.5, 0.6) is 0 Å². The minimum absolute atomic E-state index is 0.0644. The van der Waals surface area contributed by atoms with Gasteiger partial charge >= 0.3 is 0 Å². The minimum atomic E-state index is -4.16. The van der Waals surface area contributed by atoms with E-state index in [0.29, 0.717) is 0 Å². The zero-order valence-electron chi connectivity index (χ0n) is 16.0. The molecule has 0 saturated carbocycles. The molecule has 27 heavy (non-hydrogen) atoms. The molecule has 0 bridgehead atoms. The lowest BCUT2D eigenvalue weighted by molar-refractivity contribution is 0.420. The number of sulfone groups is 1. The molecule has 0 radical (unpaired) electrons. The van der Waals surface area contributed by atoms with Crippen molar-refractivity contribution >= 4 is 36.8 Å². The average Bonchev–Trinajstić information content (AvgIpc) is 2.49. The average molecular weight is 485 g/mol. The first-order valence-electron chi connectivity index (χ1n) is 7.96.